The van der Waals surface area contributed by atoms with Crippen LogP contribution in [0.25, 0.3) is 10.9 Å². The van der Waals surface area contributed by atoms with Crippen LogP contribution >= 0.6 is 0 Å². The lowest BCUT2D eigenvalue weighted by Crippen LogP contribution is -2.20. The first kappa shape index (κ1) is 23.0. The molecule has 1 aliphatic rings. The van der Waals surface area contributed by atoms with Gasteiger partial charge in [0.05, 0.1) is 23.9 Å². The molecule has 2 N–H and O–H groups in total. The number of carbonyl (C=O) groups is 1. The van der Waals surface area contributed by atoms with Crippen LogP contribution in [0, 0.1) is 5.92 Å². The Balaban J connectivity index is 1.60. The van der Waals surface area contributed by atoms with E-state index >= 15 is 0 Å². The molecule has 1 saturated carbocycles. The van der Waals surface area contributed by atoms with Crippen LogP contribution in [0.4, 0.5) is 18.9 Å². The Morgan fingerprint density at radius 3 is 2.67 bits per heavy atom. The molecule has 0 atom stereocenters. The van der Waals surface area contributed by atoms with Gasteiger partial charge in [-0.25, -0.2) is 4.98 Å². The molecule has 1 amide bonds. The van der Waals surface area contributed by atoms with Crippen LogP contribution in [0.3, 0.4) is 0 Å². The van der Waals surface area contributed by atoms with E-state index in [9.17, 15) is 23.1 Å². The first-order chi connectivity index (χ1) is 15.8. The van der Waals surface area contributed by atoms with E-state index in [0.717, 1.165) is 43.2 Å². The summed E-state index contributed by atoms with van der Waals surface area (Å²) in [4.78, 5) is 16.1. The number of anilines is 1. The van der Waals surface area contributed by atoms with E-state index in [1.165, 1.54) is 6.07 Å². The van der Waals surface area contributed by atoms with Crippen molar-refractivity contribution < 1.29 is 27.8 Å². The minimum absolute atomic E-state index is 0.204. The van der Waals surface area contributed by atoms with Crippen molar-refractivity contribution in [3.05, 3.63) is 47.9 Å². The second-order valence-electron chi connectivity index (χ2n) is 8.17. The van der Waals surface area contributed by atoms with E-state index in [2.05, 4.69) is 15.4 Å². The Hall–Kier alpha value is -3.14. The van der Waals surface area contributed by atoms with Gasteiger partial charge in [-0.1, -0.05) is 6.07 Å². The molecule has 1 aliphatic carbocycles. The van der Waals surface area contributed by atoms with Crippen molar-refractivity contribution in [2.24, 2.45) is 5.92 Å². The van der Waals surface area contributed by atoms with Crippen LogP contribution in [-0.2, 0) is 6.18 Å². The Morgan fingerprint density at radius 1 is 1.24 bits per heavy atom. The van der Waals surface area contributed by atoms with Gasteiger partial charge in [0.1, 0.15) is 17.1 Å². The van der Waals surface area contributed by atoms with Gasteiger partial charge in [0.15, 0.2) is 0 Å². The third-order valence-electron chi connectivity index (χ3n) is 5.89. The highest BCUT2D eigenvalue weighted by Gasteiger charge is 2.33. The number of hydrogen-bond donors (Lipinski definition) is 2. The van der Waals surface area contributed by atoms with Gasteiger partial charge in [-0.2, -0.15) is 18.3 Å². The van der Waals surface area contributed by atoms with Gasteiger partial charge in [-0.05, 0) is 56.7 Å². The monoisotopic (exact) mass is 462 g/mol. The van der Waals surface area contributed by atoms with Gasteiger partial charge in [-0.15, -0.1) is 0 Å². The van der Waals surface area contributed by atoms with Crippen molar-refractivity contribution in [1.29, 1.82) is 0 Å². The molecule has 1 aromatic carbocycles. The number of alkyl halides is 3. The molecule has 0 spiro atoms. The Labute approximate surface area is 188 Å². The molecular formula is C23H25F3N4O3. The fourth-order valence-corrected chi connectivity index (χ4v) is 4.13. The Morgan fingerprint density at radius 2 is 2.00 bits per heavy atom. The summed E-state index contributed by atoms with van der Waals surface area (Å²) >= 11 is 0. The van der Waals surface area contributed by atoms with Crippen LogP contribution in [-0.4, -0.2) is 39.0 Å². The third-order valence-corrected chi connectivity index (χ3v) is 5.89. The molecule has 7 nitrogen and oxygen atoms in total. The molecule has 0 unspecified atom stereocenters. The molecule has 2 aromatic heterocycles. The topological polar surface area (TPSA) is 89.3 Å². The number of aliphatic hydroxyl groups is 1. The molecule has 2 heterocycles. The lowest BCUT2D eigenvalue weighted by atomic mass is 9.87. The fraction of sp³-hybridized carbons (Fsp3) is 0.435. The van der Waals surface area contributed by atoms with Crippen LogP contribution in [0.5, 0.6) is 5.75 Å². The van der Waals surface area contributed by atoms with Crippen LogP contribution in [0.15, 0.2) is 36.5 Å². The van der Waals surface area contributed by atoms with Gasteiger partial charge < -0.3 is 15.2 Å². The summed E-state index contributed by atoms with van der Waals surface area (Å²) in [6.07, 6.45) is 0.966. The van der Waals surface area contributed by atoms with Crippen LogP contribution < -0.4 is 10.1 Å². The number of hydrogen-bond acceptors (Lipinski definition) is 5. The number of nitrogens with one attached hydrogen (secondary N) is 1. The summed E-state index contributed by atoms with van der Waals surface area (Å²) in [5.41, 5.74) is -0.452. The van der Waals surface area contributed by atoms with Gasteiger partial charge in [0.2, 0.25) is 0 Å². The van der Waals surface area contributed by atoms with E-state index in [1.54, 1.807) is 19.1 Å². The molecule has 33 heavy (non-hydrogen) atoms. The lowest BCUT2D eigenvalue weighted by molar-refractivity contribution is -0.141. The number of halogens is 3. The molecule has 0 aliphatic heterocycles. The number of aromatic nitrogens is 3. The first-order valence-electron chi connectivity index (χ1n) is 10.9. The van der Waals surface area contributed by atoms with Crippen LogP contribution in [0.2, 0.25) is 0 Å². The summed E-state index contributed by atoms with van der Waals surface area (Å²) in [6.45, 7) is 2.33. The van der Waals surface area contributed by atoms with E-state index in [0.29, 0.717) is 29.5 Å². The highest BCUT2D eigenvalue weighted by atomic mass is 19.4. The quantitative estimate of drug-likeness (QED) is 0.548. The number of pyridine rings is 1. The van der Waals surface area contributed by atoms with Gasteiger partial charge in [-0.3, -0.25) is 9.48 Å². The maximum Gasteiger partial charge on any atom is 0.433 e. The van der Waals surface area contributed by atoms with E-state index in [4.69, 9.17) is 4.74 Å². The summed E-state index contributed by atoms with van der Waals surface area (Å²) in [5.74, 6) is -0.0576. The molecule has 176 valence electrons. The number of fused-ring (bicyclic) bond motifs is 1. The van der Waals surface area contributed by atoms with E-state index < -0.39 is 17.8 Å². The number of aliphatic hydroxyl groups excluding tert-OH is 1. The average Bonchev–Trinajstić information content (AvgIpc) is 3.22. The van der Waals surface area contributed by atoms with E-state index in [-0.39, 0.29) is 18.3 Å². The molecule has 0 saturated heterocycles. The van der Waals surface area contributed by atoms with Crippen molar-refractivity contribution in [1.82, 2.24) is 14.8 Å². The van der Waals surface area contributed by atoms with Crippen molar-refractivity contribution in [3.63, 3.8) is 0 Å². The van der Waals surface area contributed by atoms with Crippen molar-refractivity contribution in [2.75, 3.05) is 18.5 Å². The second-order valence-corrected chi connectivity index (χ2v) is 8.17. The summed E-state index contributed by atoms with van der Waals surface area (Å²) < 4.78 is 46.4. The molecule has 4 rings (SSSR count). The highest BCUT2D eigenvalue weighted by Crippen LogP contribution is 2.35. The minimum atomic E-state index is -4.64. The fourth-order valence-electron chi connectivity index (χ4n) is 4.13. The summed E-state index contributed by atoms with van der Waals surface area (Å²) in [7, 11) is 0. The molecule has 10 heteroatoms. The molecule has 0 bridgehead atoms. The predicted molar refractivity (Wildman–Crippen MR) is 116 cm³/mol. The normalized spacial score (nSPS) is 18.9. The minimum Gasteiger partial charge on any atom is -0.492 e. The number of benzene rings is 1. The zero-order chi connectivity index (χ0) is 23.6. The molecular weight excluding hydrogens is 437 g/mol. The average molecular weight is 462 g/mol. The lowest BCUT2D eigenvalue weighted by Gasteiger charge is -2.27. The SMILES string of the molecule is CCOc1cc2nn([C@H]3CC[C@H](CO)CC3)cc2cc1NC(=O)c1cccc(C(F)(F)F)n1. The zero-order valence-electron chi connectivity index (χ0n) is 18.1. The maximum absolute atomic E-state index is 13.0. The standard InChI is InChI=1S/C23H25F3N4O3/c1-2-33-20-11-18-15(12-30(29-18)16-8-6-14(13-31)7-9-16)10-19(20)28-22(32)17-4-3-5-21(27-17)23(24,25)26/h3-5,10-12,14,16,31H,2,6-9,13H2,1H3,(H,28,32)/t14-,16-. The zero-order valence-corrected chi connectivity index (χ0v) is 18.1. The van der Waals surface area contributed by atoms with E-state index in [1.807, 2.05) is 10.9 Å². The van der Waals surface area contributed by atoms with Crippen molar-refractivity contribution >= 4 is 22.5 Å². The first-order valence-corrected chi connectivity index (χ1v) is 10.9. The molecule has 0 radical (unpaired) electrons. The maximum atomic E-state index is 13.0. The summed E-state index contributed by atoms with van der Waals surface area (Å²) in [5, 5.41) is 17.4. The van der Waals surface area contributed by atoms with Crippen molar-refractivity contribution in [2.45, 2.75) is 44.8 Å². The molecule has 3 aromatic rings. The van der Waals surface area contributed by atoms with Gasteiger partial charge >= 0.3 is 6.18 Å². The Kier molecular flexibility index (Phi) is 6.55. The van der Waals surface area contributed by atoms with Gasteiger partial charge in [0.25, 0.3) is 5.91 Å². The van der Waals surface area contributed by atoms with Gasteiger partial charge in [0, 0.05) is 24.3 Å². The van der Waals surface area contributed by atoms with Crippen molar-refractivity contribution in [3.8, 4) is 5.75 Å². The number of rotatable bonds is 6. The Bertz CT molecular complexity index is 1140. The third kappa shape index (κ3) is 5.11. The summed E-state index contributed by atoms with van der Waals surface area (Å²) in [6, 6.07) is 6.83. The number of amides is 1. The predicted octanol–water partition coefficient (Wildman–Crippen LogP) is 4.82. The second kappa shape index (κ2) is 9.38. The molecule has 1 fully saturated rings. The number of ether oxygens (including phenoxy) is 1. The largest absolute Gasteiger partial charge is 0.492 e. The number of carbonyl (C=O) groups excluding carboxylic acids is 1. The van der Waals surface area contributed by atoms with Crippen LogP contribution in [0.1, 0.15) is 54.8 Å². The highest BCUT2D eigenvalue weighted by molar-refractivity contribution is 6.05. The number of nitrogens with zero attached hydrogens (tertiary/aromatic N) is 3. The smallest absolute Gasteiger partial charge is 0.433 e.